The summed E-state index contributed by atoms with van der Waals surface area (Å²) in [7, 11) is 0. The highest BCUT2D eigenvalue weighted by Gasteiger charge is 2.41. The summed E-state index contributed by atoms with van der Waals surface area (Å²) in [5, 5.41) is 5.67. The molecule has 2 rings (SSSR count). The van der Waals surface area contributed by atoms with E-state index < -0.39 is 0 Å². The van der Waals surface area contributed by atoms with Gasteiger partial charge in [0.25, 0.3) is 5.91 Å². The Bertz CT molecular complexity index is 387. The molecule has 0 unspecified atom stereocenters. The van der Waals surface area contributed by atoms with Crippen molar-refractivity contribution in [2.75, 3.05) is 12.4 Å². The zero-order chi connectivity index (χ0) is 11.6. The van der Waals surface area contributed by atoms with Crippen LogP contribution in [0.5, 0.6) is 0 Å². The number of hydrogen-bond donors (Lipinski definition) is 1. The van der Waals surface area contributed by atoms with Gasteiger partial charge < -0.3 is 5.32 Å². The first-order chi connectivity index (χ1) is 7.65. The maximum absolute atomic E-state index is 11.7. The van der Waals surface area contributed by atoms with E-state index in [4.69, 9.17) is 11.6 Å². The second-order valence-corrected chi connectivity index (χ2v) is 5.81. The van der Waals surface area contributed by atoms with Gasteiger partial charge in [0.1, 0.15) is 5.69 Å². The number of aryl methyl sites for hydroxylation is 1. The standard InChI is InChI=1S/C11H15ClN2OS/c1-8-14-9(6-16-8)10(15)13-7-11(2-3-11)4-5-12/h6H,2-5,7H2,1H3,(H,13,15). The summed E-state index contributed by atoms with van der Waals surface area (Å²) in [6.07, 6.45) is 3.34. The molecule has 0 bridgehead atoms. The van der Waals surface area contributed by atoms with Crippen LogP contribution in [0.1, 0.15) is 34.8 Å². The molecule has 1 heterocycles. The molecule has 1 aliphatic rings. The Morgan fingerprint density at radius 2 is 2.44 bits per heavy atom. The molecule has 1 aliphatic carbocycles. The van der Waals surface area contributed by atoms with Crippen LogP contribution in [-0.2, 0) is 0 Å². The Kier molecular flexibility index (Phi) is 3.50. The highest BCUT2D eigenvalue weighted by molar-refractivity contribution is 7.09. The van der Waals surface area contributed by atoms with Gasteiger partial charge in [-0.25, -0.2) is 4.98 Å². The summed E-state index contributed by atoms with van der Waals surface area (Å²) < 4.78 is 0. The van der Waals surface area contributed by atoms with Gasteiger partial charge in [-0.05, 0) is 31.6 Å². The van der Waals surface area contributed by atoms with Crippen molar-refractivity contribution in [1.82, 2.24) is 10.3 Å². The Morgan fingerprint density at radius 1 is 1.69 bits per heavy atom. The number of aromatic nitrogens is 1. The van der Waals surface area contributed by atoms with E-state index in [9.17, 15) is 4.79 Å². The number of halogens is 1. The summed E-state index contributed by atoms with van der Waals surface area (Å²) in [5.74, 6) is 0.608. The van der Waals surface area contributed by atoms with E-state index in [1.165, 1.54) is 24.2 Å². The number of hydrogen-bond acceptors (Lipinski definition) is 3. The van der Waals surface area contributed by atoms with E-state index in [0.717, 1.165) is 18.0 Å². The maximum atomic E-state index is 11.7. The molecule has 0 saturated heterocycles. The Morgan fingerprint density at radius 3 is 2.94 bits per heavy atom. The van der Waals surface area contributed by atoms with Crippen LogP contribution in [0.25, 0.3) is 0 Å². The molecule has 1 aromatic heterocycles. The SMILES string of the molecule is Cc1nc(C(=O)NCC2(CCCl)CC2)cs1. The van der Waals surface area contributed by atoms with Crippen molar-refractivity contribution in [3.05, 3.63) is 16.1 Å². The van der Waals surface area contributed by atoms with Crippen molar-refractivity contribution >= 4 is 28.8 Å². The molecule has 1 saturated carbocycles. The van der Waals surface area contributed by atoms with E-state index in [1.807, 2.05) is 6.92 Å². The Balaban J connectivity index is 1.84. The summed E-state index contributed by atoms with van der Waals surface area (Å²) >= 11 is 7.24. The normalized spacial score (nSPS) is 17.1. The van der Waals surface area contributed by atoms with Crippen LogP contribution in [0.15, 0.2) is 5.38 Å². The minimum absolute atomic E-state index is 0.0646. The third-order valence-electron chi connectivity index (χ3n) is 3.06. The number of nitrogens with zero attached hydrogens (tertiary/aromatic N) is 1. The topological polar surface area (TPSA) is 42.0 Å². The minimum atomic E-state index is -0.0646. The van der Waals surface area contributed by atoms with Crippen LogP contribution in [0.2, 0.25) is 0 Å². The summed E-state index contributed by atoms with van der Waals surface area (Å²) in [6.45, 7) is 2.63. The lowest BCUT2D eigenvalue weighted by Crippen LogP contribution is -2.30. The predicted molar refractivity (Wildman–Crippen MR) is 66.2 cm³/mol. The third-order valence-corrected chi connectivity index (χ3v) is 4.02. The van der Waals surface area contributed by atoms with Crippen LogP contribution < -0.4 is 5.32 Å². The number of alkyl halides is 1. The molecule has 3 nitrogen and oxygen atoms in total. The Labute approximate surface area is 104 Å². The van der Waals surface area contributed by atoms with Gasteiger partial charge in [-0.1, -0.05) is 0 Å². The van der Waals surface area contributed by atoms with Gasteiger partial charge in [-0.2, -0.15) is 0 Å². The van der Waals surface area contributed by atoms with Crippen molar-refractivity contribution in [3.8, 4) is 0 Å². The number of carbonyl (C=O) groups excluding carboxylic acids is 1. The van der Waals surface area contributed by atoms with Gasteiger partial charge in [-0.15, -0.1) is 22.9 Å². The van der Waals surface area contributed by atoms with Gasteiger partial charge in [0.05, 0.1) is 5.01 Å². The monoisotopic (exact) mass is 258 g/mol. The van der Waals surface area contributed by atoms with Gasteiger partial charge in [0, 0.05) is 17.8 Å². The second kappa shape index (κ2) is 4.72. The fourth-order valence-electron chi connectivity index (χ4n) is 1.72. The first kappa shape index (κ1) is 11.9. The average Bonchev–Trinajstić information content (AvgIpc) is 2.89. The largest absolute Gasteiger partial charge is 0.350 e. The zero-order valence-electron chi connectivity index (χ0n) is 9.25. The smallest absolute Gasteiger partial charge is 0.270 e. The number of thiazole rings is 1. The number of amides is 1. The van der Waals surface area contributed by atoms with E-state index in [0.29, 0.717) is 11.6 Å². The molecule has 0 aromatic carbocycles. The summed E-state index contributed by atoms with van der Waals surface area (Å²) in [4.78, 5) is 15.9. The highest BCUT2D eigenvalue weighted by Crippen LogP contribution is 2.48. The van der Waals surface area contributed by atoms with Crippen molar-refractivity contribution in [3.63, 3.8) is 0 Å². The van der Waals surface area contributed by atoms with Crippen LogP contribution in [-0.4, -0.2) is 23.3 Å². The van der Waals surface area contributed by atoms with Crippen LogP contribution in [0.4, 0.5) is 0 Å². The van der Waals surface area contributed by atoms with E-state index >= 15 is 0 Å². The molecular weight excluding hydrogens is 244 g/mol. The molecule has 5 heteroatoms. The molecule has 0 aliphatic heterocycles. The number of nitrogens with one attached hydrogen (secondary N) is 1. The third kappa shape index (κ3) is 2.74. The highest BCUT2D eigenvalue weighted by atomic mass is 35.5. The fraction of sp³-hybridized carbons (Fsp3) is 0.636. The van der Waals surface area contributed by atoms with Gasteiger partial charge in [-0.3, -0.25) is 4.79 Å². The first-order valence-corrected chi connectivity index (χ1v) is 6.83. The fourth-order valence-corrected chi connectivity index (χ4v) is 2.71. The van der Waals surface area contributed by atoms with Crippen LogP contribution in [0.3, 0.4) is 0 Å². The number of rotatable bonds is 5. The summed E-state index contributed by atoms with van der Waals surface area (Å²) in [6, 6.07) is 0. The van der Waals surface area contributed by atoms with Crippen molar-refractivity contribution in [2.24, 2.45) is 5.41 Å². The zero-order valence-corrected chi connectivity index (χ0v) is 10.8. The molecule has 1 aromatic rings. The van der Waals surface area contributed by atoms with Crippen LogP contribution >= 0.6 is 22.9 Å². The molecule has 1 N–H and O–H groups in total. The summed E-state index contributed by atoms with van der Waals surface area (Å²) in [5.41, 5.74) is 0.812. The lowest BCUT2D eigenvalue weighted by Gasteiger charge is -2.13. The van der Waals surface area contributed by atoms with Gasteiger partial charge in [0.15, 0.2) is 0 Å². The Hall–Kier alpha value is -0.610. The second-order valence-electron chi connectivity index (χ2n) is 4.37. The molecule has 16 heavy (non-hydrogen) atoms. The minimum Gasteiger partial charge on any atom is -0.350 e. The van der Waals surface area contributed by atoms with Crippen LogP contribution in [0, 0.1) is 12.3 Å². The quantitative estimate of drug-likeness (QED) is 0.825. The van der Waals surface area contributed by atoms with Crippen molar-refractivity contribution in [1.29, 1.82) is 0 Å². The van der Waals surface area contributed by atoms with E-state index in [2.05, 4.69) is 10.3 Å². The molecule has 1 amide bonds. The maximum Gasteiger partial charge on any atom is 0.270 e. The first-order valence-electron chi connectivity index (χ1n) is 5.41. The predicted octanol–water partition coefficient (Wildman–Crippen LogP) is 2.59. The van der Waals surface area contributed by atoms with Crippen molar-refractivity contribution < 1.29 is 4.79 Å². The van der Waals surface area contributed by atoms with Crippen molar-refractivity contribution in [2.45, 2.75) is 26.2 Å². The molecule has 88 valence electrons. The molecule has 0 radical (unpaired) electrons. The molecular formula is C11H15ClN2OS. The van der Waals surface area contributed by atoms with Gasteiger partial charge in [0.2, 0.25) is 0 Å². The molecule has 0 spiro atoms. The van der Waals surface area contributed by atoms with E-state index in [1.54, 1.807) is 5.38 Å². The lowest BCUT2D eigenvalue weighted by atomic mass is 10.0. The van der Waals surface area contributed by atoms with E-state index in [-0.39, 0.29) is 11.3 Å². The lowest BCUT2D eigenvalue weighted by molar-refractivity contribution is 0.0940. The molecule has 1 fully saturated rings. The average molecular weight is 259 g/mol. The number of carbonyl (C=O) groups is 1. The molecule has 0 atom stereocenters. The van der Waals surface area contributed by atoms with Gasteiger partial charge >= 0.3 is 0 Å².